The Labute approximate surface area is 141 Å². The summed E-state index contributed by atoms with van der Waals surface area (Å²) in [5.41, 5.74) is 0.406. The van der Waals surface area contributed by atoms with E-state index in [1.54, 1.807) is 32.9 Å². The number of aryl methyl sites for hydroxylation is 1. The molecule has 0 N–H and O–H groups in total. The van der Waals surface area contributed by atoms with Gasteiger partial charge in [0.1, 0.15) is 0 Å². The molecule has 0 aliphatic carbocycles. The maximum atomic E-state index is 12.8. The van der Waals surface area contributed by atoms with Gasteiger partial charge >= 0.3 is 12.2 Å². The zero-order valence-electron chi connectivity index (χ0n) is 14.4. The summed E-state index contributed by atoms with van der Waals surface area (Å²) in [6.45, 7) is 7.24. The van der Waals surface area contributed by atoms with Crippen LogP contribution in [0.15, 0.2) is 24.3 Å². The molecule has 7 nitrogen and oxygen atoms in total. The number of benzene rings is 1. The number of rotatable bonds is 4. The van der Waals surface area contributed by atoms with Crippen molar-refractivity contribution in [3.63, 3.8) is 0 Å². The van der Waals surface area contributed by atoms with Crippen LogP contribution in [0.4, 0.5) is 9.59 Å². The Kier molecular flexibility index (Phi) is 5.11. The number of ether oxygens (including phenoxy) is 2. The molecule has 1 saturated heterocycles. The molecule has 0 aromatic heterocycles. The van der Waals surface area contributed by atoms with Crippen molar-refractivity contribution in [1.82, 2.24) is 10.0 Å². The molecule has 1 atom stereocenters. The highest BCUT2D eigenvalue weighted by Crippen LogP contribution is 2.44. The van der Waals surface area contributed by atoms with Crippen LogP contribution in [0.25, 0.3) is 0 Å². The Morgan fingerprint density at radius 1 is 1.00 bits per heavy atom. The summed E-state index contributed by atoms with van der Waals surface area (Å²) in [6, 6.07) is 7.28. The number of hydrogen-bond acceptors (Lipinski definition) is 5. The van der Waals surface area contributed by atoms with Gasteiger partial charge in [-0.15, -0.1) is 5.01 Å². The minimum absolute atomic E-state index is 0.100. The van der Waals surface area contributed by atoms with Gasteiger partial charge in [-0.1, -0.05) is 36.8 Å². The van der Waals surface area contributed by atoms with Gasteiger partial charge in [-0.3, -0.25) is 4.79 Å². The van der Waals surface area contributed by atoms with Gasteiger partial charge in [-0.05, 0) is 32.8 Å². The van der Waals surface area contributed by atoms with E-state index in [9.17, 15) is 14.4 Å². The van der Waals surface area contributed by atoms with Crippen molar-refractivity contribution in [1.29, 1.82) is 0 Å². The number of carbonyl (C=O) groups is 3. The highest BCUT2D eigenvalue weighted by Gasteiger charge is 2.65. The van der Waals surface area contributed by atoms with Crippen LogP contribution < -0.4 is 0 Å². The van der Waals surface area contributed by atoms with Crippen LogP contribution in [-0.2, 0) is 19.8 Å². The van der Waals surface area contributed by atoms with Gasteiger partial charge in [-0.2, -0.15) is 5.01 Å². The Hall–Kier alpha value is -2.57. The molecular weight excluding hydrogens is 312 g/mol. The predicted octanol–water partition coefficient (Wildman–Crippen LogP) is 2.97. The fourth-order valence-electron chi connectivity index (χ4n) is 2.83. The van der Waals surface area contributed by atoms with Crippen molar-refractivity contribution < 1.29 is 23.9 Å². The molecule has 1 aliphatic rings. The highest BCUT2D eigenvalue weighted by molar-refractivity contribution is 6.06. The standard InChI is InChI=1S/C17H22N2O5/c1-5-17(13-10-8-12(4)9-11-13)14(20)18(15(21)23-6-2)19(17)16(22)24-7-3/h8-11H,5-7H2,1-4H3/t17-/m0/s1. The van der Waals surface area contributed by atoms with Crippen molar-refractivity contribution in [2.45, 2.75) is 39.7 Å². The number of amides is 3. The molecule has 0 radical (unpaired) electrons. The second-order valence-electron chi connectivity index (χ2n) is 5.41. The molecule has 0 bridgehead atoms. The van der Waals surface area contributed by atoms with Crippen LogP contribution in [-0.4, -0.2) is 41.3 Å². The third-order valence-corrected chi connectivity index (χ3v) is 4.03. The zero-order valence-corrected chi connectivity index (χ0v) is 14.4. The quantitative estimate of drug-likeness (QED) is 0.846. The van der Waals surface area contributed by atoms with Gasteiger partial charge in [-0.25, -0.2) is 9.59 Å². The minimum Gasteiger partial charge on any atom is -0.448 e. The monoisotopic (exact) mass is 334 g/mol. The maximum absolute atomic E-state index is 12.8. The summed E-state index contributed by atoms with van der Waals surface area (Å²) in [5, 5.41) is 1.77. The van der Waals surface area contributed by atoms with E-state index >= 15 is 0 Å². The van der Waals surface area contributed by atoms with E-state index in [1.807, 2.05) is 19.1 Å². The Bertz CT molecular complexity index is 643. The molecule has 1 aliphatic heterocycles. The molecule has 1 fully saturated rings. The van der Waals surface area contributed by atoms with E-state index in [2.05, 4.69) is 0 Å². The van der Waals surface area contributed by atoms with E-state index in [0.717, 1.165) is 10.6 Å². The summed E-state index contributed by atoms with van der Waals surface area (Å²) in [6.07, 6.45) is -1.33. The number of imide groups is 1. The summed E-state index contributed by atoms with van der Waals surface area (Å²) >= 11 is 0. The molecule has 0 unspecified atom stereocenters. The average molecular weight is 334 g/mol. The van der Waals surface area contributed by atoms with E-state index < -0.39 is 23.6 Å². The van der Waals surface area contributed by atoms with Crippen LogP contribution >= 0.6 is 0 Å². The lowest BCUT2D eigenvalue weighted by atomic mass is 9.81. The number of hydrogen-bond donors (Lipinski definition) is 0. The normalized spacial score (nSPS) is 19.8. The molecule has 7 heteroatoms. The lowest BCUT2D eigenvalue weighted by molar-refractivity contribution is -0.203. The summed E-state index contributed by atoms with van der Waals surface area (Å²) in [4.78, 5) is 37.3. The Morgan fingerprint density at radius 2 is 1.54 bits per heavy atom. The highest BCUT2D eigenvalue weighted by atomic mass is 16.6. The number of carbonyl (C=O) groups excluding carboxylic acids is 3. The molecule has 1 aromatic rings. The average Bonchev–Trinajstić information content (AvgIpc) is 2.55. The molecule has 1 heterocycles. The van der Waals surface area contributed by atoms with Gasteiger partial charge in [0.25, 0.3) is 5.91 Å². The fourth-order valence-corrected chi connectivity index (χ4v) is 2.83. The summed E-state index contributed by atoms with van der Waals surface area (Å²) in [5.74, 6) is -0.500. The van der Waals surface area contributed by atoms with Crippen molar-refractivity contribution >= 4 is 18.1 Å². The van der Waals surface area contributed by atoms with Gasteiger partial charge in [0.05, 0.1) is 13.2 Å². The zero-order chi connectivity index (χ0) is 17.9. The maximum Gasteiger partial charge on any atom is 0.436 e. The van der Waals surface area contributed by atoms with Crippen LogP contribution in [0.1, 0.15) is 38.3 Å². The second kappa shape index (κ2) is 6.90. The number of hydrazine groups is 1. The molecule has 0 saturated carbocycles. The Balaban J connectivity index is 2.48. The van der Waals surface area contributed by atoms with Gasteiger partial charge in [0.15, 0.2) is 5.54 Å². The first-order chi connectivity index (χ1) is 11.4. The van der Waals surface area contributed by atoms with E-state index in [0.29, 0.717) is 17.0 Å². The molecule has 2 rings (SSSR count). The molecule has 3 amide bonds. The van der Waals surface area contributed by atoms with Crippen LogP contribution in [0, 0.1) is 6.92 Å². The van der Waals surface area contributed by atoms with Gasteiger partial charge in [0, 0.05) is 0 Å². The van der Waals surface area contributed by atoms with Crippen molar-refractivity contribution in [3.05, 3.63) is 35.4 Å². The lowest BCUT2D eigenvalue weighted by Gasteiger charge is -2.54. The minimum atomic E-state index is -1.26. The van der Waals surface area contributed by atoms with Crippen LogP contribution in [0.2, 0.25) is 0 Å². The topological polar surface area (TPSA) is 76.2 Å². The molecule has 130 valence electrons. The van der Waals surface area contributed by atoms with E-state index in [1.165, 1.54) is 0 Å². The molecule has 24 heavy (non-hydrogen) atoms. The lowest BCUT2D eigenvalue weighted by Crippen LogP contribution is -2.77. The van der Waals surface area contributed by atoms with Gasteiger partial charge in [0.2, 0.25) is 0 Å². The predicted molar refractivity (Wildman–Crippen MR) is 85.9 cm³/mol. The van der Waals surface area contributed by atoms with Gasteiger partial charge < -0.3 is 9.47 Å². The molecular formula is C17H22N2O5. The smallest absolute Gasteiger partial charge is 0.436 e. The molecule has 1 aromatic carbocycles. The third kappa shape index (κ3) is 2.60. The SMILES string of the molecule is CCOC(=O)N1C(=O)[C@](CC)(c2ccc(C)cc2)N1C(=O)OCC. The third-order valence-electron chi connectivity index (χ3n) is 4.03. The van der Waals surface area contributed by atoms with Crippen molar-refractivity contribution in [3.8, 4) is 0 Å². The Morgan fingerprint density at radius 3 is 2.04 bits per heavy atom. The first-order valence-electron chi connectivity index (χ1n) is 7.99. The largest absolute Gasteiger partial charge is 0.448 e. The first-order valence-corrected chi connectivity index (χ1v) is 7.99. The second-order valence-corrected chi connectivity index (χ2v) is 5.41. The van der Waals surface area contributed by atoms with Crippen molar-refractivity contribution in [2.24, 2.45) is 0 Å². The molecule has 0 spiro atoms. The van der Waals surface area contributed by atoms with E-state index in [-0.39, 0.29) is 13.2 Å². The van der Waals surface area contributed by atoms with Crippen LogP contribution in [0.5, 0.6) is 0 Å². The van der Waals surface area contributed by atoms with E-state index in [4.69, 9.17) is 9.47 Å². The fraction of sp³-hybridized carbons (Fsp3) is 0.471. The summed E-state index contributed by atoms with van der Waals surface area (Å²) < 4.78 is 9.92. The summed E-state index contributed by atoms with van der Waals surface area (Å²) in [7, 11) is 0. The first kappa shape index (κ1) is 17.8. The van der Waals surface area contributed by atoms with Crippen molar-refractivity contribution in [2.75, 3.05) is 13.2 Å². The van der Waals surface area contributed by atoms with Crippen LogP contribution in [0.3, 0.4) is 0 Å². The number of nitrogens with zero attached hydrogens (tertiary/aromatic N) is 2.